The monoisotopic (exact) mass is 556 g/mol. The highest BCUT2D eigenvalue weighted by Crippen LogP contribution is 2.13. The number of benzene rings is 1. The van der Waals surface area contributed by atoms with E-state index >= 15 is 0 Å². The zero-order valence-corrected chi connectivity index (χ0v) is 23.1. The Morgan fingerprint density at radius 1 is 0.684 bits per heavy atom. The summed E-state index contributed by atoms with van der Waals surface area (Å²) in [5.41, 5.74) is -0.866. The van der Waals surface area contributed by atoms with Crippen molar-refractivity contribution < 1.29 is 47.6 Å². The quantitative estimate of drug-likeness (QED) is 0.109. The smallest absolute Gasteiger partial charge is 0.308 e. The summed E-state index contributed by atoms with van der Waals surface area (Å²) in [6.07, 6.45) is 0.0583. The fourth-order valence-corrected chi connectivity index (χ4v) is 3.26. The number of amides is 1. The molecule has 0 aliphatic rings. The lowest BCUT2D eigenvalue weighted by molar-refractivity contribution is -0.145. The highest BCUT2D eigenvalue weighted by molar-refractivity contribution is 7.58. The van der Waals surface area contributed by atoms with Crippen LogP contribution in [-0.2, 0) is 55.4 Å². The predicted octanol–water partition coefficient (Wildman–Crippen LogP) is 1.97. The second-order valence-corrected chi connectivity index (χ2v) is 8.55. The number of carbonyl (C=O) groups excluding carboxylic acids is 4. The molecule has 0 radical (unpaired) electrons. The number of esters is 3. The first-order valence-corrected chi connectivity index (χ1v) is 13.0. The van der Waals surface area contributed by atoms with Crippen LogP contribution >= 0.6 is 0 Å². The molecule has 11 nitrogen and oxygen atoms in total. The maximum absolute atomic E-state index is 13.1. The van der Waals surface area contributed by atoms with Gasteiger partial charge in [0.05, 0.1) is 78.7 Å². The molecule has 0 heterocycles. The molecular weight excluding hydrogens is 518 g/mol. The van der Waals surface area contributed by atoms with Crippen molar-refractivity contribution in [3.05, 3.63) is 29.8 Å². The molecule has 0 aliphatic heterocycles. The Morgan fingerprint density at radius 2 is 1.05 bits per heavy atom. The fraction of sp³-hybridized carbons (Fsp3) is 0.615. The lowest BCUT2D eigenvalue weighted by Crippen LogP contribution is -2.58. The SMILES string of the molecule is CCOC(=O)CCOCC(COCCC(=O)OCC)(COCCC(=O)OCC)NC(=O)c1ccc([S-])cc1. The third-order valence-corrected chi connectivity index (χ3v) is 5.17. The minimum absolute atomic E-state index is 0.0194. The number of nitrogens with one attached hydrogen (secondary N) is 1. The lowest BCUT2D eigenvalue weighted by atomic mass is 10.0. The summed E-state index contributed by atoms with van der Waals surface area (Å²) in [5.74, 6) is -1.68. The standard InChI is InChI=1S/C26H39NO10S/c1-4-35-22(28)11-14-32-17-26(18-33-15-12-23(29)36-5-2,19-34-16-13-24(30)37-6-3)27-25(31)20-7-9-21(38)10-8-20/h7-10,38H,4-6,11-19H2,1-3H3,(H,27,31)/p-1. The van der Waals surface area contributed by atoms with Crippen LogP contribution in [0.2, 0.25) is 0 Å². The maximum atomic E-state index is 13.1. The van der Waals surface area contributed by atoms with E-state index in [0.717, 1.165) is 0 Å². The van der Waals surface area contributed by atoms with Crippen LogP contribution in [0.5, 0.6) is 0 Å². The van der Waals surface area contributed by atoms with E-state index in [9.17, 15) is 19.2 Å². The molecule has 0 bridgehead atoms. The summed E-state index contributed by atoms with van der Waals surface area (Å²) in [7, 11) is 0. The number of ether oxygens (including phenoxy) is 6. The van der Waals surface area contributed by atoms with E-state index in [1.165, 1.54) is 0 Å². The van der Waals surface area contributed by atoms with Crippen LogP contribution < -0.4 is 5.32 Å². The van der Waals surface area contributed by atoms with Crippen LogP contribution in [0, 0.1) is 0 Å². The highest BCUT2D eigenvalue weighted by Gasteiger charge is 2.34. The van der Waals surface area contributed by atoms with E-state index in [1.807, 2.05) is 0 Å². The van der Waals surface area contributed by atoms with Crippen molar-refractivity contribution in [1.82, 2.24) is 5.32 Å². The Bertz CT molecular complexity index is 798. The molecule has 0 atom stereocenters. The largest absolute Gasteiger partial charge is 0.780 e. The Labute approximate surface area is 229 Å². The van der Waals surface area contributed by atoms with Crippen LogP contribution in [0.15, 0.2) is 29.2 Å². The van der Waals surface area contributed by atoms with E-state index in [1.54, 1.807) is 45.0 Å². The van der Waals surface area contributed by atoms with E-state index in [-0.39, 0.29) is 78.7 Å². The lowest BCUT2D eigenvalue weighted by Gasteiger charge is -2.34. The number of carbonyl (C=O) groups is 4. The van der Waals surface area contributed by atoms with Gasteiger partial charge in [-0.2, -0.15) is 4.90 Å². The molecule has 1 aromatic rings. The summed E-state index contributed by atoms with van der Waals surface area (Å²) in [4.78, 5) is 48.8. The molecule has 0 aliphatic carbocycles. The van der Waals surface area contributed by atoms with Gasteiger partial charge >= 0.3 is 17.9 Å². The van der Waals surface area contributed by atoms with Gasteiger partial charge in [-0.05, 0) is 20.8 Å². The van der Waals surface area contributed by atoms with E-state index in [2.05, 4.69) is 5.32 Å². The maximum Gasteiger partial charge on any atom is 0.308 e. The molecule has 38 heavy (non-hydrogen) atoms. The third-order valence-electron chi connectivity index (χ3n) is 4.90. The normalized spacial score (nSPS) is 11.0. The van der Waals surface area contributed by atoms with Crippen molar-refractivity contribution in [2.75, 3.05) is 59.5 Å². The zero-order chi connectivity index (χ0) is 28.2. The average molecular weight is 557 g/mol. The molecule has 0 saturated carbocycles. The van der Waals surface area contributed by atoms with Crippen LogP contribution in [0.25, 0.3) is 0 Å². The van der Waals surface area contributed by atoms with Gasteiger partial charge in [0.1, 0.15) is 5.54 Å². The van der Waals surface area contributed by atoms with E-state index in [0.29, 0.717) is 10.5 Å². The fourth-order valence-electron chi connectivity index (χ4n) is 3.12. The first-order chi connectivity index (χ1) is 18.2. The second-order valence-electron chi connectivity index (χ2n) is 8.08. The van der Waals surface area contributed by atoms with Crippen LogP contribution in [0.1, 0.15) is 50.4 Å². The van der Waals surface area contributed by atoms with Gasteiger partial charge in [0.15, 0.2) is 0 Å². The van der Waals surface area contributed by atoms with E-state index < -0.39 is 29.4 Å². The van der Waals surface area contributed by atoms with Gasteiger partial charge in [-0.3, -0.25) is 19.2 Å². The van der Waals surface area contributed by atoms with E-state index in [4.69, 9.17) is 41.0 Å². The molecule has 0 unspecified atom stereocenters. The molecule has 1 amide bonds. The van der Waals surface area contributed by atoms with Gasteiger partial charge in [0.2, 0.25) is 0 Å². The Kier molecular flexibility index (Phi) is 16.9. The van der Waals surface area contributed by atoms with Crippen LogP contribution in [0.4, 0.5) is 0 Å². The van der Waals surface area contributed by atoms with Gasteiger partial charge in [-0.25, -0.2) is 0 Å². The van der Waals surface area contributed by atoms with Crippen molar-refractivity contribution in [2.24, 2.45) is 0 Å². The van der Waals surface area contributed by atoms with Gasteiger partial charge in [-0.1, -0.05) is 24.3 Å². The summed E-state index contributed by atoms with van der Waals surface area (Å²) in [6.45, 7) is 5.73. The molecule has 214 valence electrons. The summed E-state index contributed by atoms with van der Waals surface area (Å²) in [5, 5.41) is 2.91. The molecule has 12 heteroatoms. The first kappa shape index (κ1) is 33.2. The zero-order valence-electron chi connectivity index (χ0n) is 22.3. The van der Waals surface area contributed by atoms with Crippen LogP contribution in [-0.4, -0.2) is 88.8 Å². The molecule has 0 spiro atoms. The minimum atomic E-state index is -1.22. The van der Waals surface area contributed by atoms with Gasteiger partial charge < -0.3 is 46.4 Å². The van der Waals surface area contributed by atoms with Crippen molar-refractivity contribution >= 4 is 36.4 Å². The number of hydrogen-bond acceptors (Lipinski definition) is 11. The Morgan fingerprint density at radius 3 is 1.39 bits per heavy atom. The van der Waals surface area contributed by atoms with Crippen molar-refractivity contribution in [2.45, 2.75) is 50.5 Å². The molecule has 0 fully saturated rings. The molecule has 0 saturated heterocycles. The molecular formula is C26H38NO10S-. The average Bonchev–Trinajstić information content (AvgIpc) is 2.88. The topological polar surface area (TPSA) is 136 Å². The van der Waals surface area contributed by atoms with Gasteiger partial charge in [-0.15, -0.1) is 0 Å². The number of hydrogen-bond donors (Lipinski definition) is 1. The molecule has 1 N–H and O–H groups in total. The van der Waals surface area contributed by atoms with Gasteiger partial charge in [0, 0.05) is 5.56 Å². The Hall–Kier alpha value is -2.80. The molecule has 1 rings (SSSR count). The first-order valence-electron chi connectivity index (χ1n) is 12.5. The Balaban J connectivity index is 2.99. The molecule has 1 aromatic carbocycles. The van der Waals surface area contributed by atoms with Crippen molar-refractivity contribution in [3.63, 3.8) is 0 Å². The van der Waals surface area contributed by atoms with Crippen LogP contribution in [0.3, 0.4) is 0 Å². The third kappa shape index (κ3) is 14.2. The number of rotatable bonds is 20. The minimum Gasteiger partial charge on any atom is -0.780 e. The predicted molar refractivity (Wildman–Crippen MR) is 138 cm³/mol. The van der Waals surface area contributed by atoms with Crippen molar-refractivity contribution in [3.8, 4) is 0 Å². The summed E-state index contributed by atoms with van der Waals surface area (Å²) < 4.78 is 31.9. The summed E-state index contributed by atoms with van der Waals surface area (Å²) in [6, 6.07) is 6.45. The van der Waals surface area contributed by atoms with Gasteiger partial charge in [0.25, 0.3) is 5.91 Å². The second kappa shape index (κ2) is 19.3. The molecule has 0 aromatic heterocycles. The van der Waals surface area contributed by atoms with Crippen molar-refractivity contribution in [1.29, 1.82) is 0 Å². The highest BCUT2D eigenvalue weighted by atomic mass is 32.1. The summed E-state index contributed by atoms with van der Waals surface area (Å²) >= 11 is 5.09.